The molecule has 72 heavy (non-hydrogen) atoms. The first-order chi connectivity index (χ1) is 35.6. The number of allylic oxidation sites excluding steroid dienone is 1. The van der Waals surface area contributed by atoms with Gasteiger partial charge in [0.25, 0.3) is 0 Å². The first-order valence-electron chi connectivity index (χ1n) is 24.0. The number of benzene rings is 10. The molecule has 13 rings (SSSR count). The zero-order valence-corrected chi connectivity index (χ0v) is 39.9. The Bertz CT molecular complexity index is 4340. The van der Waals surface area contributed by atoms with Crippen molar-refractivity contribution in [3.05, 3.63) is 266 Å². The number of fused-ring (bicyclic) bond motifs is 10. The summed E-state index contributed by atoms with van der Waals surface area (Å²) in [5, 5.41) is 7.92. The number of rotatable bonds is 9. The predicted octanol–water partition coefficient (Wildman–Crippen LogP) is 18.4. The Morgan fingerprint density at radius 1 is 0.458 bits per heavy atom. The van der Waals surface area contributed by atoms with E-state index in [9.17, 15) is 0 Å². The van der Waals surface area contributed by atoms with Crippen molar-refractivity contribution >= 4 is 92.4 Å². The molecule has 0 aliphatic rings. The van der Waals surface area contributed by atoms with Gasteiger partial charge in [-0.15, -0.1) is 11.3 Å². The van der Waals surface area contributed by atoms with E-state index in [1.54, 1.807) is 6.08 Å². The van der Waals surface area contributed by atoms with Gasteiger partial charge in [0.2, 0.25) is 0 Å². The Morgan fingerprint density at radius 3 is 1.90 bits per heavy atom. The molecule has 0 fully saturated rings. The second kappa shape index (κ2) is 17.9. The molecule has 0 aliphatic carbocycles. The predicted molar refractivity (Wildman–Crippen MR) is 306 cm³/mol. The molecule has 0 radical (unpaired) electrons. The third kappa shape index (κ3) is 7.52. The van der Waals surface area contributed by atoms with Gasteiger partial charge in [-0.3, -0.25) is 0 Å². The number of aliphatic imine (C=N–C) groups is 2. The zero-order valence-electron chi connectivity index (χ0n) is 39.1. The average Bonchev–Trinajstić information content (AvgIpc) is 4.03. The molecule has 0 bridgehead atoms. The van der Waals surface area contributed by atoms with Gasteiger partial charge >= 0.3 is 0 Å². The van der Waals surface area contributed by atoms with Gasteiger partial charge in [0, 0.05) is 63.8 Å². The van der Waals surface area contributed by atoms with E-state index in [1.807, 2.05) is 78.1 Å². The molecular weight excluding hydrogens is 895 g/mol. The molecule has 338 valence electrons. The maximum Gasteiger partial charge on any atom is 0.160 e. The smallest absolute Gasteiger partial charge is 0.160 e. The minimum atomic E-state index is 0.575. The Morgan fingerprint density at radius 2 is 1.10 bits per heavy atom. The first kappa shape index (κ1) is 42.8. The van der Waals surface area contributed by atoms with Crippen molar-refractivity contribution in [2.45, 2.75) is 0 Å². The van der Waals surface area contributed by atoms with Gasteiger partial charge in [-0.05, 0) is 81.4 Å². The second-order valence-corrected chi connectivity index (χ2v) is 19.0. The van der Waals surface area contributed by atoms with Crippen LogP contribution in [0.5, 0.6) is 0 Å². The average molecular weight is 938 g/mol. The van der Waals surface area contributed by atoms with Crippen LogP contribution in [-0.4, -0.2) is 16.5 Å². The number of thiophene rings is 1. The van der Waals surface area contributed by atoms with Gasteiger partial charge in [-0.2, -0.15) is 0 Å². The topological polar surface area (TPSA) is 50.8 Å². The van der Waals surface area contributed by atoms with Crippen LogP contribution in [0.15, 0.2) is 264 Å². The summed E-state index contributed by atoms with van der Waals surface area (Å²) < 4.78 is 9.31. The largest absolute Gasteiger partial charge is 0.455 e. The molecule has 0 N–H and O–H groups in total. The lowest BCUT2D eigenvalue weighted by molar-refractivity contribution is 0.673. The molecule has 10 aromatic carbocycles. The summed E-state index contributed by atoms with van der Waals surface area (Å²) in [6.07, 6.45) is 1.79. The van der Waals surface area contributed by atoms with E-state index < -0.39 is 0 Å². The van der Waals surface area contributed by atoms with Crippen molar-refractivity contribution in [3.8, 4) is 44.6 Å². The van der Waals surface area contributed by atoms with Crippen molar-refractivity contribution < 1.29 is 4.42 Å². The molecule has 0 unspecified atom stereocenters. The number of hydrogen-bond donors (Lipinski definition) is 0. The lowest BCUT2D eigenvalue weighted by atomic mass is 9.95. The van der Waals surface area contributed by atoms with E-state index in [1.165, 1.54) is 36.9 Å². The summed E-state index contributed by atoms with van der Waals surface area (Å²) in [5.41, 5.74) is 15.9. The first-order valence-corrected chi connectivity index (χ1v) is 24.9. The van der Waals surface area contributed by atoms with E-state index in [-0.39, 0.29) is 0 Å². The molecule has 3 heterocycles. The molecule has 0 amide bonds. The number of pyridine rings is 1. The molecule has 0 atom stereocenters. The quantitative estimate of drug-likeness (QED) is 0.0822. The standard InChI is InChI=1S/C67H43N3OS/c1-3-58(70-67(47-22-11-6-12-23-47)68-42(2)43-18-7-4-8-19-43)45-34-32-44(33-35-45)51-27-17-31-61-62(51)56-29-16-28-52(66(56)72-61)50-25-15-24-48(40-50)49-36-39-60-57(41-49)53-37-38-55-63(65(53)71-60)54-26-13-14-30-59(54)69-64(55)46-20-9-5-10-21-46/h3-41H,1-2H2. The summed E-state index contributed by atoms with van der Waals surface area (Å²) in [5.74, 6) is 0.575. The summed E-state index contributed by atoms with van der Waals surface area (Å²) in [6, 6.07) is 80.7. The van der Waals surface area contributed by atoms with Crippen LogP contribution in [0, 0.1) is 0 Å². The molecular formula is C67H43N3OS. The van der Waals surface area contributed by atoms with Crippen molar-refractivity contribution in [2.75, 3.05) is 0 Å². The van der Waals surface area contributed by atoms with E-state index in [0.717, 1.165) is 94.0 Å². The minimum absolute atomic E-state index is 0.575. The number of hydrogen-bond acceptors (Lipinski definition) is 4. The third-order valence-corrected chi connectivity index (χ3v) is 14.9. The van der Waals surface area contributed by atoms with Crippen LogP contribution in [0.25, 0.3) is 114 Å². The minimum Gasteiger partial charge on any atom is -0.455 e. The van der Waals surface area contributed by atoms with E-state index in [4.69, 9.17) is 19.4 Å². The van der Waals surface area contributed by atoms with Crippen LogP contribution >= 0.6 is 11.3 Å². The molecule has 3 aromatic heterocycles. The SMILES string of the molecule is C=CC(=NC(=NC(=C)c1ccccc1)c1ccccc1)c1ccc(-c2cccc3sc4c(-c5cccc(-c6ccc7oc8c(ccc9c(-c%10ccccc%10)nc%10ccccc%10c98)c7c6)c5)cccc4c23)cc1. The highest BCUT2D eigenvalue weighted by molar-refractivity contribution is 7.26. The number of nitrogens with zero attached hydrogens (tertiary/aromatic N) is 3. The molecule has 0 aliphatic heterocycles. The van der Waals surface area contributed by atoms with Crippen molar-refractivity contribution in [3.63, 3.8) is 0 Å². The monoisotopic (exact) mass is 937 g/mol. The Hall–Kier alpha value is -9.29. The number of amidine groups is 1. The van der Waals surface area contributed by atoms with Crippen molar-refractivity contribution in [1.82, 2.24) is 4.98 Å². The van der Waals surface area contributed by atoms with E-state index >= 15 is 0 Å². The van der Waals surface area contributed by atoms with E-state index in [0.29, 0.717) is 11.5 Å². The normalized spacial score (nSPS) is 12.2. The highest BCUT2D eigenvalue weighted by Crippen LogP contribution is 2.45. The molecule has 0 spiro atoms. The molecule has 4 nitrogen and oxygen atoms in total. The number of furan rings is 1. The lowest BCUT2D eigenvalue weighted by Gasteiger charge is -2.10. The fourth-order valence-corrected chi connectivity index (χ4v) is 11.4. The van der Waals surface area contributed by atoms with Crippen molar-refractivity contribution in [2.24, 2.45) is 9.98 Å². The fourth-order valence-electron chi connectivity index (χ4n) is 10.2. The summed E-state index contributed by atoms with van der Waals surface area (Å²) >= 11 is 1.85. The highest BCUT2D eigenvalue weighted by atomic mass is 32.1. The molecule has 0 saturated carbocycles. The number of aromatic nitrogens is 1. The van der Waals surface area contributed by atoms with Gasteiger partial charge < -0.3 is 4.42 Å². The van der Waals surface area contributed by atoms with Crippen LogP contribution < -0.4 is 0 Å². The van der Waals surface area contributed by atoms with Crippen LogP contribution in [0.1, 0.15) is 16.7 Å². The Kier molecular flexibility index (Phi) is 10.6. The molecule has 13 aromatic rings. The van der Waals surface area contributed by atoms with Gasteiger partial charge in [0.1, 0.15) is 11.2 Å². The zero-order chi connectivity index (χ0) is 48.1. The van der Waals surface area contributed by atoms with Crippen LogP contribution in [0.3, 0.4) is 0 Å². The summed E-state index contributed by atoms with van der Waals surface area (Å²) in [4.78, 5) is 15.2. The van der Waals surface area contributed by atoms with Gasteiger partial charge in [-0.1, -0.05) is 207 Å². The van der Waals surface area contributed by atoms with Crippen molar-refractivity contribution in [1.29, 1.82) is 0 Å². The van der Waals surface area contributed by atoms with Gasteiger partial charge in [0.15, 0.2) is 5.84 Å². The lowest BCUT2D eigenvalue weighted by Crippen LogP contribution is -2.05. The Balaban J connectivity index is 0.851. The number of para-hydroxylation sites is 1. The maximum atomic E-state index is 6.80. The molecule has 0 saturated heterocycles. The Labute approximate surface area is 420 Å². The highest BCUT2D eigenvalue weighted by Gasteiger charge is 2.19. The third-order valence-electron chi connectivity index (χ3n) is 13.7. The summed E-state index contributed by atoms with van der Waals surface area (Å²) in [7, 11) is 0. The van der Waals surface area contributed by atoms with Crippen LogP contribution in [-0.2, 0) is 0 Å². The molecule has 5 heteroatoms. The van der Waals surface area contributed by atoms with Crippen LogP contribution in [0.4, 0.5) is 0 Å². The van der Waals surface area contributed by atoms with Gasteiger partial charge in [0.05, 0.1) is 22.6 Å². The van der Waals surface area contributed by atoms with Crippen LogP contribution in [0.2, 0.25) is 0 Å². The van der Waals surface area contributed by atoms with E-state index in [2.05, 4.69) is 177 Å². The van der Waals surface area contributed by atoms with Gasteiger partial charge in [-0.25, -0.2) is 15.0 Å². The fraction of sp³-hybridized carbons (Fsp3) is 0. The summed E-state index contributed by atoms with van der Waals surface area (Å²) in [6.45, 7) is 8.44. The second-order valence-electron chi connectivity index (χ2n) is 18.0. The maximum absolute atomic E-state index is 6.80.